The third-order valence-electron chi connectivity index (χ3n) is 9.20. The van der Waals surface area contributed by atoms with Crippen LogP contribution in [0.3, 0.4) is 0 Å². The van der Waals surface area contributed by atoms with E-state index in [0.29, 0.717) is 0 Å². The fraction of sp³-hybridized carbons (Fsp3) is 0. The Bertz CT molecular complexity index is 2580. The van der Waals surface area contributed by atoms with Crippen LogP contribution in [-0.2, 0) is 0 Å². The average molecular weight is 657 g/mol. The highest BCUT2D eigenvalue weighted by Crippen LogP contribution is 2.38. The van der Waals surface area contributed by atoms with Crippen LogP contribution >= 0.6 is 0 Å². The lowest BCUT2D eigenvalue weighted by Gasteiger charge is -2.15. The second-order valence-electron chi connectivity index (χ2n) is 12.3. The summed E-state index contributed by atoms with van der Waals surface area (Å²) in [5, 5.41) is 0. The van der Waals surface area contributed by atoms with Gasteiger partial charge in [-0.2, -0.15) is 0 Å². The Morgan fingerprint density at radius 2 is 0.765 bits per heavy atom. The number of benzene rings is 6. The van der Waals surface area contributed by atoms with E-state index in [2.05, 4.69) is 142 Å². The van der Waals surface area contributed by atoms with E-state index in [0.717, 1.165) is 84.7 Å². The van der Waals surface area contributed by atoms with Gasteiger partial charge in [0.1, 0.15) is 17.5 Å². The van der Waals surface area contributed by atoms with E-state index < -0.39 is 0 Å². The highest BCUT2D eigenvalue weighted by Gasteiger charge is 2.23. The van der Waals surface area contributed by atoms with Gasteiger partial charge in [0.05, 0.1) is 33.5 Å². The van der Waals surface area contributed by atoms with Crippen LogP contribution in [-0.4, -0.2) is 28.7 Å². The van der Waals surface area contributed by atoms with Crippen LogP contribution in [0.15, 0.2) is 171 Å². The number of rotatable bonds is 8. The van der Waals surface area contributed by atoms with Crippen molar-refractivity contribution in [3.63, 3.8) is 0 Å². The van der Waals surface area contributed by atoms with Crippen molar-refractivity contribution in [1.82, 2.24) is 28.7 Å². The van der Waals surface area contributed by atoms with Crippen molar-refractivity contribution in [3.8, 4) is 51.2 Å². The highest BCUT2D eigenvalue weighted by molar-refractivity contribution is 5.88. The maximum absolute atomic E-state index is 5.26. The normalized spacial score (nSPS) is 11.3. The maximum atomic E-state index is 5.26. The molecule has 0 amide bonds. The third kappa shape index (κ3) is 5.09. The number of nitrogens with zero attached hydrogens (tertiary/aromatic N) is 6. The van der Waals surface area contributed by atoms with Crippen molar-refractivity contribution in [1.29, 1.82) is 0 Å². The van der Waals surface area contributed by atoms with E-state index in [1.165, 1.54) is 0 Å². The average Bonchev–Trinajstić information content (AvgIpc) is 3.90. The lowest BCUT2D eigenvalue weighted by molar-refractivity contribution is 1.05. The lowest BCUT2D eigenvalue weighted by Crippen LogP contribution is -2.02. The Kier molecular flexibility index (Phi) is 7.33. The molecule has 0 radical (unpaired) electrons. The fourth-order valence-corrected chi connectivity index (χ4v) is 6.96. The van der Waals surface area contributed by atoms with Gasteiger partial charge in [0.2, 0.25) is 0 Å². The first kappa shape index (κ1) is 30.0. The Morgan fingerprint density at radius 1 is 0.392 bits per heavy atom. The van der Waals surface area contributed by atoms with Crippen LogP contribution < -0.4 is 0 Å². The lowest BCUT2D eigenvalue weighted by atomic mass is 10.0. The Balaban J connectivity index is 1.39. The molecule has 0 saturated carbocycles. The summed E-state index contributed by atoms with van der Waals surface area (Å²) < 4.78 is 6.60. The maximum Gasteiger partial charge on any atom is 0.145 e. The van der Waals surface area contributed by atoms with Crippen LogP contribution in [0, 0.1) is 0 Å². The molecular weight excluding hydrogens is 625 g/mol. The minimum atomic E-state index is 0.754. The standard InChI is InChI=1S/C45H32N6/c1-3-37-40(4-2)49(34-18-8-5-9-19-34)43(46-37)31-28-32(44-47-38-24-14-16-26-41(38)50(44)35-20-10-6-11-21-35)30-33(29-31)45-48-39-25-15-17-27-42(39)51(45)36-22-12-7-13-23-36/h3-30H,1-2H2. The van der Waals surface area contributed by atoms with Crippen molar-refractivity contribution >= 4 is 34.2 Å². The van der Waals surface area contributed by atoms with Crippen LogP contribution in [0.25, 0.3) is 85.4 Å². The smallest absolute Gasteiger partial charge is 0.145 e. The topological polar surface area (TPSA) is 53.5 Å². The molecule has 242 valence electrons. The zero-order valence-corrected chi connectivity index (χ0v) is 27.8. The SMILES string of the molecule is C=Cc1nc(-c2cc(-c3nc4ccccc4n3-c3ccccc3)cc(-c3nc4ccccc4n3-c3ccccc3)c2)n(-c2ccccc2)c1C=C. The third-order valence-corrected chi connectivity index (χ3v) is 9.20. The number of aromatic nitrogens is 6. The van der Waals surface area contributed by atoms with E-state index in [4.69, 9.17) is 15.0 Å². The molecule has 0 aliphatic rings. The zero-order chi connectivity index (χ0) is 34.3. The quantitative estimate of drug-likeness (QED) is 0.164. The summed E-state index contributed by atoms with van der Waals surface area (Å²) in [6.07, 6.45) is 3.63. The van der Waals surface area contributed by atoms with Gasteiger partial charge in [-0.25, -0.2) is 15.0 Å². The minimum absolute atomic E-state index is 0.754. The number of para-hydroxylation sites is 7. The molecule has 0 aliphatic carbocycles. The number of hydrogen-bond donors (Lipinski definition) is 0. The van der Waals surface area contributed by atoms with Crippen molar-refractivity contribution in [2.75, 3.05) is 0 Å². The molecule has 0 saturated heterocycles. The molecule has 3 heterocycles. The Labute approximate surface area is 295 Å². The molecule has 6 aromatic carbocycles. The van der Waals surface area contributed by atoms with Crippen LogP contribution in [0.1, 0.15) is 11.4 Å². The monoisotopic (exact) mass is 656 g/mol. The molecule has 9 aromatic rings. The van der Waals surface area contributed by atoms with Crippen LogP contribution in [0.5, 0.6) is 0 Å². The van der Waals surface area contributed by atoms with Gasteiger partial charge < -0.3 is 0 Å². The van der Waals surface area contributed by atoms with E-state index in [1.807, 2.05) is 48.5 Å². The molecular formula is C45H32N6. The summed E-state index contributed by atoms with van der Waals surface area (Å²) in [5.74, 6) is 2.40. The van der Waals surface area contributed by atoms with Crippen LogP contribution in [0.2, 0.25) is 0 Å². The van der Waals surface area contributed by atoms with Gasteiger partial charge in [-0.1, -0.05) is 92.0 Å². The molecule has 51 heavy (non-hydrogen) atoms. The molecule has 6 nitrogen and oxygen atoms in total. The summed E-state index contributed by atoms with van der Waals surface area (Å²) in [6.45, 7) is 8.27. The molecule has 0 spiro atoms. The number of hydrogen-bond acceptors (Lipinski definition) is 3. The van der Waals surface area contributed by atoms with Gasteiger partial charge in [0.15, 0.2) is 0 Å². The molecule has 6 heteroatoms. The largest absolute Gasteiger partial charge is 0.292 e. The Hall–Kier alpha value is -7.05. The van der Waals surface area contributed by atoms with E-state index in [9.17, 15) is 0 Å². The van der Waals surface area contributed by atoms with Gasteiger partial charge in [0, 0.05) is 33.8 Å². The van der Waals surface area contributed by atoms with Crippen molar-refractivity contribution in [2.45, 2.75) is 0 Å². The minimum Gasteiger partial charge on any atom is -0.292 e. The van der Waals surface area contributed by atoms with Crippen molar-refractivity contribution in [2.24, 2.45) is 0 Å². The predicted molar refractivity (Wildman–Crippen MR) is 209 cm³/mol. The molecule has 0 aliphatic heterocycles. The number of imidazole rings is 3. The van der Waals surface area contributed by atoms with Crippen molar-refractivity contribution in [3.05, 3.63) is 182 Å². The van der Waals surface area contributed by atoms with Gasteiger partial charge in [-0.05, 0) is 91.0 Å². The summed E-state index contributed by atoms with van der Waals surface area (Å²) in [6, 6.07) is 54.1. The van der Waals surface area contributed by atoms with Gasteiger partial charge >= 0.3 is 0 Å². The first-order valence-corrected chi connectivity index (χ1v) is 16.9. The molecule has 0 fully saturated rings. The Morgan fingerprint density at radius 3 is 1.18 bits per heavy atom. The zero-order valence-electron chi connectivity index (χ0n) is 27.8. The van der Waals surface area contributed by atoms with E-state index in [-0.39, 0.29) is 0 Å². The number of fused-ring (bicyclic) bond motifs is 2. The van der Waals surface area contributed by atoms with Gasteiger partial charge in [0.25, 0.3) is 0 Å². The summed E-state index contributed by atoms with van der Waals surface area (Å²) in [5.41, 5.74) is 11.3. The van der Waals surface area contributed by atoms with Gasteiger partial charge in [-0.15, -0.1) is 0 Å². The van der Waals surface area contributed by atoms with E-state index in [1.54, 1.807) is 6.08 Å². The first-order valence-electron chi connectivity index (χ1n) is 16.9. The molecule has 0 N–H and O–H groups in total. The van der Waals surface area contributed by atoms with Crippen molar-refractivity contribution < 1.29 is 0 Å². The first-order chi connectivity index (χ1) is 25.2. The summed E-state index contributed by atoms with van der Waals surface area (Å²) in [7, 11) is 0. The van der Waals surface area contributed by atoms with Crippen LogP contribution in [0.4, 0.5) is 0 Å². The molecule has 9 rings (SSSR count). The molecule has 0 bridgehead atoms. The van der Waals surface area contributed by atoms with E-state index >= 15 is 0 Å². The summed E-state index contributed by atoms with van der Waals surface area (Å²) in [4.78, 5) is 15.7. The fourth-order valence-electron chi connectivity index (χ4n) is 6.96. The molecule has 0 atom stereocenters. The molecule has 3 aromatic heterocycles. The second-order valence-corrected chi connectivity index (χ2v) is 12.3. The summed E-state index contributed by atoms with van der Waals surface area (Å²) >= 11 is 0. The predicted octanol–water partition coefficient (Wildman–Crippen LogP) is 10.8. The van der Waals surface area contributed by atoms with Gasteiger partial charge in [-0.3, -0.25) is 13.7 Å². The second kappa shape index (κ2) is 12.4. The molecule has 0 unspecified atom stereocenters. The highest BCUT2D eigenvalue weighted by atomic mass is 15.1.